The lowest BCUT2D eigenvalue weighted by atomic mass is 10.1. The molecule has 0 fully saturated rings. The Balaban J connectivity index is 2.32. The van der Waals surface area contributed by atoms with E-state index in [0.717, 1.165) is 11.1 Å². The fourth-order valence-electron chi connectivity index (χ4n) is 2.86. The number of hydrogen-bond donors (Lipinski definition) is 2. The van der Waals surface area contributed by atoms with E-state index in [-0.39, 0.29) is 5.56 Å². The van der Waals surface area contributed by atoms with Gasteiger partial charge in [0.15, 0.2) is 0 Å². The molecule has 0 aliphatic rings. The van der Waals surface area contributed by atoms with Crippen LogP contribution in [0.4, 0.5) is 11.4 Å². The molecule has 0 saturated heterocycles. The lowest BCUT2D eigenvalue weighted by Crippen LogP contribution is -2.21. The Kier molecular flexibility index (Phi) is 4.97. The summed E-state index contributed by atoms with van der Waals surface area (Å²) in [5.41, 5.74) is 2.52. The second-order valence-electron chi connectivity index (χ2n) is 5.60. The minimum Gasteiger partial charge on any atom is -0.495 e. The molecule has 7 nitrogen and oxygen atoms in total. The van der Waals surface area contributed by atoms with Gasteiger partial charge in [-0.25, -0.2) is 13.3 Å². The highest BCUT2D eigenvalue weighted by Gasteiger charge is 2.24. The molecule has 8 heteroatoms. The number of para-hydroxylation sites is 2. The lowest BCUT2D eigenvalue weighted by molar-refractivity contribution is 0.0601. The van der Waals surface area contributed by atoms with E-state index in [4.69, 9.17) is 9.47 Å². The number of fused-ring (bicyclic) bond motifs is 1. The van der Waals surface area contributed by atoms with E-state index in [9.17, 15) is 13.6 Å². The highest BCUT2D eigenvalue weighted by molar-refractivity contribution is 7.81. The highest BCUT2D eigenvalue weighted by atomic mass is 32.2. The number of anilines is 2. The monoisotopic (exact) mass is 374 g/mol. The van der Waals surface area contributed by atoms with Crippen LogP contribution in [0.2, 0.25) is 0 Å². The molecule has 136 valence electrons. The zero-order valence-electron chi connectivity index (χ0n) is 14.5. The Morgan fingerprint density at radius 1 is 1.15 bits per heavy atom. The molecule has 0 radical (unpaired) electrons. The van der Waals surface area contributed by atoms with Gasteiger partial charge >= 0.3 is 5.97 Å². The topological polar surface area (TPSA) is 91.9 Å². The smallest absolute Gasteiger partial charge is 0.337 e. The number of esters is 1. The molecule has 0 aliphatic heterocycles. The van der Waals surface area contributed by atoms with Crippen LogP contribution in [0.25, 0.3) is 10.9 Å². The standard InChI is InChI=1S/C18H18N2O5S/c1-11-8-12-9-13(18(21)25-3)10-15(17(12)19-11)20(26(22)23)14-6-4-5-7-16(14)24-2/h4-10,19H,1-3H3,(H,22,23). The van der Waals surface area contributed by atoms with Crippen molar-refractivity contribution in [3.63, 3.8) is 0 Å². The molecule has 2 N–H and O–H groups in total. The van der Waals surface area contributed by atoms with Crippen molar-refractivity contribution >= 4 is 39.5 Å². The van der Waals surface area contributed by atoms with E-state index in [1.807, 2.05) is 13.0 Å². The molecule has 0 aliphatic carbocycles. The summed E-state index contributed by atoms with van der Waals surface area (Å²) in [4.78, 5) is 15.2. The number of aromatic amines is 1. The number of hydrogen-bond acceptors (Lipinski definition) is 4. The Labute approximate surface area is 153 Å². The summed E-state index contributed by atoms with van der Waals surface area (Å²) in [6.45, 7) is 1.87. The Morgan fingerprint density at radius 2 is 1.88 bits per heavy atom. The normalized spacial score (nSPS) is 12.0. The molecular weight excluding hydrogens is 356 g/mol. The number of aryl methyl sites for hydroxylation is 1. The van der Waals surface area contributed by atoms with Crippen LogP contribution in [0.5, 0.6) is 5.75 Å². The minimum absolute atomic E-state index is 0.277. The molecule has 0 spiro atoms. The number of ether oxygens (including phenoxy) is 2. The van der Waals surface area contributed by atoms with Crippen LogP contribution < -0.4 is 9.04 Å². The van der Waals surface area contributed by atoms with Gasteiger partial charge in [0, 0.05) is 11.1 Å². The first-order chi connectivity index (χ1) is 12.5. The van der Waals surface area contributed by atoms with E-state index in [1.165, 1.54) is 24.6 Å². The molecule has 0 amide bonds. The number of rotatable bonds is 5. The van der Waals surface area contributed by atoms with E-state index in [1.54, 1.807) is 30.3 Å². The van der Waals surface area contributed by atoms with Gasteiger partial charge in [-0.3, -0.25) is 4.55 Å². The van der Waals surface area contributed by atoms with Crippen molar-refractivity contribution in [1.29, 1.82) is 0 Å². The molecule has 1 heterocycles. The van der Waals surface area contributed by atoms with Gasteiger partial charge in [-0.1, -0.05) is 12.1 Å². The summed E-state index contributed by atoms with van der Waals surface area (Å²) in [7, 11) is 2.77. The number of nitrogens with one attached hydrogen (secondary N) is 1. The molecule has 3 aromatic rings. The summed E-state index contributed by atoms with van der Waals surface area (Å²) in [5, 5.41) is 0.728. The third-order valence-electron chi connectivity index (χ3n) is 3.94. The van der Waals surface area contributed by atoms with Gasteiger partial charge in [0.25, 0.3) is 11.3 Å². The van der Waals surface area contributed by atoms with E-state index >= 15 is 0 Å². The predicted molar refractivity (Wildman–Crippen MR) is 100 cm³/mol. The van der Waals surface area contributed by atoms with Crippen molar-refractivity contribution in [1.82, 2.24) is 4.98 Å². The van der Waals surface area contributed by atoms with E-state index in [0.29, 0.717) is 22.6 Å². The van der Waals surface area contributed by atoms with Crippen molar-refractivity contribution in [3.8, 4) is 5.75 Å². The second kappa shape index (κ2) is 7.19. The summed E-state index contributed by atoms with van der Waals surface area (Å²) in [6, 6.07) is 11.9. The number of H-pyrrole nitrogens is 1. The first kappa shape index (κ1) is 18.0. The molecule has 1 atom stereocenters. The average Bonchev–Trinajstić information content (AvgIpc) is 3.01. The maximum absolute atomic E-state index is 12.2. The first-order valence-corrected chi connectivity index (χ1v) is 8.78. The average molecular weight is 374 g/mol. The van der Waals surface area contributed by atoms with Crippen LogP contribution in [0.15, 0.2) is 42.5 Å². The van der Waals surface area contributed by atoms with Gasteiger partial charge in [-0.2, -0.15) is 0 Å². The van der Waals surface area contributed by atoms with E-state index in [2.05, 4.69) is 4.98 Å². The fourth-order valence-corrected chi connectivity index (χ4v) is 3.49. The zero-order chi connectivity index (χ0) is 18.8. The molecule has 3 rings (SSSR count). The van der Waals surface area contributed by atoms with E-state index < -0.39 is 17.2 Å². The molecule has 1 aromatic heterocycles. The van der Waals surface area contributed by atoms with Crippen LogP contribution in [0.3, 0.4) is 0 Å². The van der Waals surface area contributed by atoms with Gasteiger partial charge in [0.05, 0.1) is 36.7 Å². The first-order valence-electron chi connectivity index (χ1n) is 7.72. The van der Waals surface area contributed by atoms with Gasteiger partial charge in [-0.15, -0.1) is 0 Å². The van der Waals surface area contributed by atoms with Crippen LogP contribution in [-0.4, -0.2) is 33.9 Å². The third-order valence-corrected chi connectivity index (χ3v) is 4.65. The maximum atomic E-state index is 12.2. The SMILES string of the molecule is COC(=O)c1cc(N(c2ccccc2OC)S(=O)O)c2[nH]c(C)cc2c1. The summed E-state index contributed by atoms with van der Waals surface area (Å²) in [6.07, 6.45) is 0. The van der Waals surface area contributed by atoms with Gasteiger partial charge in [0.1, 0.15) is 5.75 Å². The number of methoxy groups -OCH3 is 2. The largest absolute Gasteiger partial charge is 0.495 e. The molecule has 1 unspecified atom stereocenters. The molecule has 0 saturated carbocycles. The highest BCUT2D eigenvalue weighted by Crippen LogP contribution is 2.39. The Hall–Kier alpha value is -2.84. The predicted octanol–water partition coefficient (Wildman–Crippen LogP) is 3.55. The lowest BCUT2D eigenvalue weighted by Gasteiger charge is -2.23. The summed E-state index contributed by atoms with van der Waals surface area (Å²) >= 11 is -2.41. The number of nitrogens with zero attached hydrogens (tertiary/aromatic N) is 1. The molecule has 0 bridgehead atoms. The molecular formula is C18H18N2O5S. The van der Waals surface area contributed by atoms with Gasteiger partial charge in [-0.05, 0) is 37.3 Å². The maximum Gasteiger partial charge on any atom is 0.337 e. The Bertz CT molecular complexity index is 998. The molecule has 2 aromatic carbocycles. The van der Waals surface area contributed by atoms with Crippen LogP contribution in [0, 0.1) is 6.92 Å². The van der Waals surface area contributed by atoms with Crippen LogP contribution in [-0.2, 0) is 16.0 Å². The quantitative estimate of drug-likeness (QED) is 0.526. The number of aromatic nitrogens is 1. The fraction of sp³-hybridized carbons (Fsp3) is 0.167. The second-order valence-corrected chi connectivity index (χ2v) is 6.43. The van der Waals surface area contributed by atoms with Gasteiger partial charge in [0.2, 0.25) is 0 Å². The summed E-state index contributed by atoms with van der Waals surface area (Å²) < 4.78 is 33.6. The van der Waals surface area contributed by atoms with Crippen LogP contribution >= 0.6 is 0 Å². The Morgan fingerprint density at radius 3 is 2.54 bits per heavy atom. The van der Waals surface area contributed by atoms with Crippen molar-refractivity contribution in [2.24, 2.45) is 0 Å². The zero-order valence-corrected chi connectivity index (χ0v) is 15.3. The number of benzene rings is 2. The van der Waals surface area contributed by atoms with Crippen LogP contribution in [0.1, 0.15) is 16.1 Å². The number of carbonyl (C=O) groups is 1. The van der Waals surface area contributed by atoms with Crippen molar-refractivity contribution in [3.05, 3.63) is 53.7 Å². The number of carbonyl (C=O) groups excluding carboxylic acids is 1. The van der Waals surface area contributed by atoms with Crippen molar-refractivity contribution < 1.29 is 23.0 Å². The minimum atomic E-state index is -2.41. The van der Waals surface area contributed by atoms with Crippen molar-refractivity contribution in [2.45, 2.75) is 6.92 Å². The third kappa shape index (κ3) is 3.16. The van der Waals surface area contributed by atoms with Crippen molar-refractivity contribution in [2.75, 3.05) is 18.5 Å². The molecule has 26 heavy (non-hydrogen) atoms. The summed E-state index contributed by atoms with van der Waals surface area (Å²) in [5.74, 6) is -0.106. The van der Waals surface area contributed by atoms with Gasteiger partial charge < -0.3 is 14.5 Å².